The van der Waals surface area contributed by atoms with Crippen molar-refractivity contribution in [3.05, 3.63) is 354 Å². The molecule has 0 saturated heterocycles. The second-order valence-electron chi connectivity index (χ2n) is 26.7. The summed E-state index contributed by atoms with van der Waals surface area (Å²) >= 11 is 0. The van der Waals surface area contributed by atoms with E-state index in [2.05, 4.69) is 114 Å². The number of aromatic nitrogens is 17. The monoisotopic (exact) mass is 1490 g/mol. The van der Waals surface area contributed by atoms with Gasteiger partial charge in [0.15, 0.2) is 11.3 Å². The summed E-state index contributed by atoms with van der Waals surface area (Å²) in [5.41, 5.74) is 12.1. The van der Waals surface area contributed by atoms with Gasteiger partial charge in [-0.25, -0.2) is 19.0 Å². The third kappa shape index (κ3) is 15.2. The lowest BCUT2D eigenvalue weighted by molar-refractivity contribution is 0.0931. The van der Waals surface area contributed by atoms with Crippen molar-refractivity contribution in [2.24, 2.45) is 14.1 Å². The molecule has 552 valence electrons. The first-order chi connectivity index (χ1) is 54.9. The van der Waals surface area contributed by atoms with Crippen LogP contribution in [0.25, 0.3) is 71.6 Å². The molecule has 0 radical (unpaired) electrons. The number of aryl methyl sites for hydroxylation is 4. The zero-order chi connectivity index (χ0) is 78.4. The Hall–Kier alpha value is -15.7. The summed E-state index contributed by atoms with van der Waals surface area (Å²) in [6.45, 7) is 13.5. The number of carbonyl (C=O) groups is 2. The van der Waals surface area contributed by atoms with Crippen LogP contribution in [0.15, 0.2) is 259 Å². The van der Waals surface area contributed by atoms with Crippen LogP contribution in [-0.2, 0) is 14.1 Å². The third-order valence-corrected chi connectivity index (χ3v) is 18.9. The van der Waals surface area contributed by atoms with Crippen LogP contribution in [0.1, 0.15) is 127 Å². The maximum atomic E-state index is 14.2. The average molecular weight is 1490 g/mol. The van der Waals surface area contributed by atoms with Gasteiger partial charge in [0.2, 0.25) is 0 Å². The maximum Gasteiger partial charge on any atom is 0.264 e. The Labute approximate surface area is 645 Å². The minimum absolute atomic E-state index is 0.137. The average Bonchev–Trinajstić information content (AvgIpc) is 1.67. The summed E-state index contributed by atoms with van der Waals surface area (Å²) < 4.78 is 9.91. The lowest BCUT2D eigenvalue weighted by atomic mass is 10.0. The second kappa shape index (κ2) is 31.6. The number of hydrogen-bond donors (Lipinski definition) is 5. The summed E-state index contributed by atoms with van der Waals surface area (Å²) in [6.07, 6.45) is 20.7. The molecule has 0 aliphatic carbocycles. The molecule has 17 aromatic rings. The smallest absolute Gasteiger partial charge is 0.264 e. The van der Waals surface area contributed by atoms with Gasteiger partial charge in [-0.15, -0.1) is 0 Å². The highest BCUT2D eigenvalue weighted by Crippen LogP contribution is 2.29. The summed E-state index contributed by atoms with van der Waals surface area (Å²) in [5.74, 6) is 18.0. The van der Waals surface area contributed by atoms with Gasteiger partial charge in [0.25, 0.3) is 28.5 Å². The Morgan fingerprint density at radius 3 is 1.49 bits per heavy atom. The van der Waals surface area contributed by atoms with Crippen LogP contribution in [0, 0.1) is 49.4 Å². The molecule has 12 aromatic heterocycles. The molecular formula is C88H70N20O5. The molecule has 0 spiro atoms. The molecule has 2 amide bonds. The molecule has 0 aliphatic heterocycles. The predicted molar refractivity (Wildman–Crippen MR) is 434 cm³/mol. The molecule has 25 nitrogen and oxygen atoms in total. The van der Waals surface area contributed by atoms with Crippen molar-refractivity contribution in [2.45, 2.75) is 52.7 Å². The standard InChI is InChI=1S/C33H26N6O.C30H23N7O2.C25H21N7O2/c1-22(29-20-34-19-27-11-8-16-35-32(27)29)37-23(2)30-17-26-10-7-9-25(15-14-24-18-36-38(3)21-24)31(26)33(40)39(30)28-12-5-4-6-13-28;1-19(33-29(38)26-20(2)35-36-17-7-15-31-28(26)36)25-18-22-9-6-8-21(12-13-23-14-16-32-34-23)27(22)30(39)37(25)24-10-4-3-5-11-24;1-15(28-24(33)21-16(2)30-32-11-5-10-26-23(21)32)20-12-19-7-4-6-18(22(19)25(34)29-20)9-8-17-13-27-31(3)14-17/h4-13,16-21,23,37H,1H2,2-3H3;3-11,14-19H,1-2H3,(H,32,34)(H,33,38);4-7,10-15H,1-3H3,(H,28,33)(H,29,34)/t23-;19-;15-/m000/s1. The van der Waals surface area contributed by atoms with Crippen LogP contribution in [0.3, 0.4) is 0 Å². The van der Waals surface area contributed by atoms with Crippen molar-refractivity contribution in [1.29, 1.82) is 0 Å². The highest BCUT2D eigenvalue weighted by Gasteiger charge is 2.26. The highest BCUT2D eigenvalue weighted by atomic mass is 16.2. The molecule has 25 heteroatoms. The first kappa shape index (κ1) is 72.9. The molecule has 0 fully saturated rings. The molecular weight excluding hydrogens is 1420 g/mol. The van der Waals surface area contributed by atoms with Crippen LogP contribution in [-0.4, -0.2) is 94.9 Å². The van der Waals surface area contributed by atoms with Crippen molar-refractivity contribution in [2.75, 3.05) is 0 Å². The molecule has 113 heavy (non-hydrogen) atoms. The van der Waals surface area contributed by atoms with E-state index in [-0.39, 0.29) is 34.5 Å². The first-order valence-electron chi connectivity index (χ1n) is 35.9. The molecule has 3 atom stereocenters. The fourth-order valence-corrected chi connectivity index (χ4v) is 13.5. The highest BCUT2D eigenvalue weighted by molar-refractivity contribution is 6.02. The number of fused-ring (bicyclic) bond motifs is 6. The van der Waals surface area contributed by atoms with E-state index in [0.717, 1.165) is 55.1 Å². The lowest BCUT2D eigenvalue weighted by Gasteiger charge is -2.23. The van der Waals surface area contributed by atoms with Crippen molar-refractivity contribution in [1.82, 2.24) is 99.0 Å². The van der Waals surface area contributed by atoms with Crippen LogP contribution >= 0.6 is 0 Å². The van der Waals surface area contributed by atoms with Gasteiger partial charge in [-0.2, -0.15) is 25.5 Å². The van der Waals surface area contributed by atoms with Crippen molar-refractivity contribution in [3.8, 4) is 46.9 Å². The number of amides is 2. The van der Waals surface area contributed by atoms with Gasteiger partial charge >= 0.3 is 0 Å². The zero-order valence-electron chi connectivity index (χ0n) is 62.2. The second-order valence-corrected chi connectivity index (χ2v) is 26.7. The van der Waals surface area contributed by atoms with Gasteiger partial charge in [0, 0.05) is 138 Å². The summed E-state index contributed by atoms with van der Waals surface area (Å²) in [7, 11) is 3.67. The van der Waals surface area contributed by atoms with E-state index in [1.54, 1.807) is 122 Å². The molecule has 12 heterocycles. The van der Waals surface area contributed by atoms with Crippen LogP contribution in [0.4, 0.5) is 0 Å². The lowest BCUT2D eigenvalue weighted by Crippen LogP contribution is -2.32. The van der Waals surface area contributed by atoms with Crippen LogP contribution in [0.2, 0.25) is 0 Å². The van der Waals surface area contributed by atoms with E-state index in [0.29, 0.717) is 95.1 Å². The number of hydrogen-bond acceptors (Lipinski definition) is 15. The van der Waals surface area contributed by atoms with Gasteiger partial charge in [0.05, 0.1) is 74.7 Å². The Balaban J connectivity index is 0.000000134. The van der Waals surface area contributed by atoms with E-state index in [4.69, 9.17) is 0 Å². The van der Waals surface area contributed by atoms with Crippen molar-refractivity contribution < 1.29 is 9.59 Å². The van der Waals surface area contributed by atoms with E-state index < -0.39 is 12.1 Å². The number of nitrogens with zero attached hydrogens (tertiary/aromatic N) is 15. The van der Waals surface area contributed by atoms with E-state index in [1.165, 1.54) is 0 Å². The normalized spacial score (nSPS) is 11.7. The molecule has 5 N–H and O–H groups in total. The number of nitrogens with one attached hydrogen (secondary N) is 5. The molecule has 0 saturated carbocycles. The molecule has 0 bridgehead atoms. The largest absolute Gasteiger partial charge is 0.377 e. The molecule has 17 rings (SSSR count). The van der Waals surface area contributed by atoms with E-state index in [9.17, 15) is 24.0 Å². The Morgan fingerprint density at radius 1 is 0.487 bits per heavy atom. The molecule has 5 aromatic carbocycles. The maximum absolute atomic E-state index is 14.2. The summed E-state index contributed by atoms with van der Waals surface area (Å²) in [4.78, 5) is 88.3. The topological polar surface area (TPSA) is 298 Å². The van der Waals surface area contributed by atoms with Gasteiger partial charge in [0.1, 0.15) is 16.8 Å². The Bertz CT molecular complexity index is 6970. The molecule has 0 unspecified atom stereocenters. The van der Waals surface area contributed by atoms with Crippen molar-refractivity contribution >= 4 is 72.0 Å². The molecule has 0 aliphatic rings. The van der Waals surface area contributed by atoms with Gasteiger partial charge in [-0.1, -0.05) is 109 Å². The minimum atomic E-state index is -0.521. The quantitative estimate of drug-likeness (QED) is 0.0710. The van der Waals surface area contributed by atoms with Gasteiger partial charge < -0.3 is 20.9 Å². The first-order valence-corrected chi connectivity index (χ1v) is 35.9. The third-order valence-electron chi connectivity index (χ3n) is 18.9. The van der Waals surface area contributed by atoms with Crippen LogP contribution < -0.4 is 32.6 Å². The number of pyridine rings is 5. The van der Waals surface area contributed by atoms with E-state index in [1.807, 2.05) is 193 Å². The number of carbonyl (C=O) groups excluding carboxylic acids is 2. The number of rotatable bonds is 12. The number of para-hydroxylation sites is 2. The van der Waals surface area contributed by atoms with E-state index >= 15 is 0 Å². The fourth-order valence-electron chi connectivity index (χ4n) is 13.5. The fraction of sp³-hybridized carbons (Fsp3) is 0.114. The van der Waals surface area contributed by atoms with Crippen LogP contribution in [0.5, 0.6) is 0 Å². The van der Waals surface area contributed by atoms with Gasteiger partial charge in [-0.3, -0.25) is 57.5 Å². The number of aromatic amines is 2. The zero-order valence-corrected chi connectivity index (χ0v) is 62.2. The Morgan fingerprint density at radius 2 is 0.973 bits per heavy atom. The predicted octanol–water partition coefficient (Wildman–Crippen LogP) is 11.8. The Kier molecular flexibility index (Phi) is 20.4. The number of H-pyrrole nitrogens is 2. The summed E-state index contributed by atoms with van der Waals surface area (Å²) in [5, 5.41) is 38.1. The minimum Gasteiger partial charge on any atom is -0.377 e. The number of benzene rings is 5. The SMILES string of the molecule is C=C(N[C@@H](C)c1cc2cccc(C#Cc3cnn(C)c3)c2c(=O)n1-c1ccccc1)c1cncc2cccnc12.Cc1nn2cccnc2c1C(=O)N[C@@H](C)c1cc2cccc(C#Cc3ccn[nH]3)c2c(=O)n1-c1ccccc1.Cc1nn2cccnc2c1C(=O)N[C@@H](C)c1cc2cccc(C#Cc3cnn(C)c3)c2c(=O)[nH]1. The van der Waals surface area contributed by atoms with Crippen molar-refractivity contribution in [3.63, 3.8) is 0 Å². The van der Waals surface area contributed by atoms with Gasteiger partial charge in [-0.05, 0) is 148 Å². The summed E-state index contributed by atoms with van der Waals surface area (Å²) in [6, 6.07) is 49.6.